The molecule has 1 N–H and O–H groups in total. The number of amides is 1. The van der Waals surface area contributed by atoms with Crippen LogP contribution in [0.5, 0.6) is 5.75 Å². The molecule has 3 rings (SSSR count). The fraction of sp³-hybridized carbons (Fsp3) is 0.391. The minimum absolute atomic E-state index is 0.250. The number of rotatable bonds is 7. The van der Waals surface area contributed by atoms with Gasteiger partial charge in [-0.05, 0) is 23.6 Å². The number of para-hydroxylation sites is 1. The van der Waals surface area contributed by atoms with Crippen molar-refractivity contribution in [3.63, 3.8) is 0 Å². The molecule has 0 bridgehead atoms. The molecule has 1 aliphatic heterocycles. The van der Waals surface area contributed by atoms with Gasteiger partial charge in [0, 0.05) is 52.3 Å². The molecule has 1 aliphatic rings. The maximum Gasteiger partial charge on any atom is 0.222 e. The third-order valence-electron chi connectivity index (χ3n) is 5.26. The quantitative estimate of drug-likeness (QED) is 0.579. The minimum atomic E-state index is 0.250. The summed E-state index contributed by atoms with van der Waals surface area (Å²) in [5.74, 6) is 1.93. The van der Waals surface area contributed by atoms with Crippen LogP contribution in [0, 0.1) is 0 Å². The SMILES string of the molecule is CN=C(NCc1ccccc1CN1CCCC1=O)N(C)Cc1ccccc1OC. The highest BCUT2D eigenvalue weighted by molar-refractivity contribution is 5.80. The van der Waals surface area contributed by atoms with E-state index in [1.54, 1.807) is 14.2 Å². The molecule has 6 nitrogen and oxygen atoms in total. The number of carbonyl (C=O) groups is 1. The molecule has 6 heteroatoms. The number of nitrogens with zero attached hydrogens (tertiary/aromatic N) is 3. The second kappa shape index (κ2) is 9.96. The Labute approximate surface area is 173 Å². The molecule has 1 heterocycles. The zero-order valence-electron chi connectivity index (χ0n) is 17.5. The van der Waals surface area contributed by atoms with Gasteiger partial charge in [0.1, 0.15) is 5.75 Å². The van der Waals surface area contributed by atoms with Crippen molar-refractivity contribution in [1.82, 2.24) is 15.1 Å². The Hall–Kier alpha value is -3.02. The second-order valence-electron chi connectivity index (χ2n) is 7.26. The summed E-state index contributed by atoms with van der Waals surface area (Å²) in [5.41, 5.74) is 3.46. The van der Waals surface area contributed by atoms with Crippen molar-refractivity contribution in [2.75, 3.05) is 27.7 Å². The molecule has 1 fully saturated rings. The van der Waals surface area contributed by atoms with Gasteiger partial charge >= 0.3 is 0 Å². The van der Waals surface area contributed by atoms with E-state index >= 15 is 0 Å². The summed E-state index contributed by atoms with van der Waals surface area (Å²) in [4.78, 5) is 20.4. The molecule has 0 saturated carbocycles. The third-order valence-corrected chi connectivity index (χ3v) is 5.26. The number of hydrogen-bond acceptors (Lipinski definition) is 3. The summed E-state index contributed by atoms with van der Waals surface area (Å²) in [6, 6.07) is 16.3. The Morgan fingerprint density at radius 2 is 1.83 bits per heavy atom. The molecule has 0 unspecified atom stereocenters. The largest absolute Gasteiger partial charge is 0.496 e. The molecule has 29 heavy (non-hydrogen) atoms. The van der Waals surface area contributed by atoms with Gasteiger partial charge in [-0.1, -0.05) is 42.5 Å². The molecule has 2 aromatic rings. The van der Waals surface area contributed by atoms with Crippen LogP contribution in [0.1, 0.15) is 29.5 Å². The molecule has 0 aromatic heterocycles. The average Bonchev–Trinajstić information content (AvgIpc) is 3.14. The molecule has 1 amide bonds. The smallest absolute Gasteiger partial charge is 0.222 e. The first-order valence-corrected chi connectivity index (χ1v) is 10.0. The molecule has 2 aromatic carbocycles. The predicted octanol–water partition coefficient (Wildman–Crippen LogP) is 3.03. The maximum atomic E-state index is 12.0. The van der Waals surface area contributed by atoms with Crippen LogP contribution >= 0.6 is 0 Å². The van der Waals surface area contributed by atoms with Crippen molar-refractivity contribution >= 4 is 11.9 Å². The topological polar surface area (TPSA) is 57.2 Å². The second-order valence-corrected chi connectivity index (χ2v) is 7.26. The molecule has 0 radical (unpaired) electrons. The number of benzene rings is 2. The van der Waals surface area contributed by atoms with Crippen LogP contribution in [-0.2, 0) is 24.4 Å². The van der Waals surface area contributed by atoms with E-state index < -0.39 is 0 Å². The minimum Gasteiger partial charge on any atom is -0.496 e. The number of methoxy groups -OCH3 is 1. The first kappa shape index (κ1) is 20.7. The highest BCUT2D eigenvalue weighted by atomic mass is 16.5. The van der Waals surface area contributed by atoms with Crippen molar-refractivity contribution in [1.29, 1.82) is 0 Å². The van der Waals surface area contributed by atoms with Gasteiger partial charge in [0.15, 0.2) is 5.96 Å². The Balaban J connectivity index is 1.64. The summed E-state index contributed by atoms with van der Waals surface area (Å²) < 4.78 is 5.46. The van der Waals surface area contributed by atoms with Gasteiger partial charge in [0.05, 0.1) is 7.11 Å². The standard InChI is InChI=1S/C23H30N4O2/c1-24-23(26(2)16-20-11-6-7-12-21(20)29-3)25-15-18-9-4-5-10-19(18)17-27-14-8-13-22(27)28/h4-7,9-12H,8,13-17H2,1-3H3,(H,24,25). The number of guanidine groups is 1. The average molecular weight is 395 g/mol. The molecule has 154 valence electrons. The van der Waals surface area contributed by atoms with E-state index in [-0.39, 0.29) is 5.91 Å². The van der Waals surface area contributed by atoms with Crippen LogP contribution < -0.4 is 10.1 Å². The summed E-state index contributed by atoms with van der Waals surface area (Å²) in [5, 5.41) is 3.45. The van der Waals surface area contributed by atoms with Gasteiger partial charge in [-0.3, -0.25) is 9.79 Å². The van der Waals surface area contributed by atoms with Crippen LogP contribution in [0.2, 0.25) is 0 Å². The highest BCUT2D eigenvalue weighted by Crippen LogP contribution is 2.19. The van der Waals surface area contributed by atoms with Crippen molar-refractivity contribution in [3.05, 3.63) is 65.2 Å². The molecular weight excluding hydrogens is 364 g/mol. The van der Waals surface area contributed by atoms with E-state index in [0.29, 0.717) is 26.1 Å². The normalized spacial score (nSPS) is 14.2. The van der Waals surface area contributed by atoms with E-state index in [1.165, 1.54) is 11.1 Å². The lowest BCUT2D eigenvalue weighted by Crippen LogP contribution is -2.38. The maximum absolute atomic E-state index is 12.0. The van der Waals surface area contributed by atoms with Gasteiger partial charge in [-0.15, -0.1) is 0 Å². The molecule has 0 aliphatic carbocycles. The zero-order chi connectivity index (χ0) is 20.6. The Bertz CT molecular complexity index is 865. The first-order chi connectivity index (χ1) is 14.1. The summed E-state index contributed by atoms with van der Waals surface area (Å²) in [7, 11) is 5.49. The fourth-order valence-corrected chi connectivity index (χ4v) is 3.68. The van der Waals surface area contributed by atoms with Gasteiger partial charge < -0.3 is 19.9 Å². The molecule has 0 spiro atoms. The summed E-state index contributed by atoms with van der Waals surface area (Å²) in [6.45, 7) is 2.87. The van der Waals surface area contributed by atoms with Crippen molar-refractivity contribution < 1.29 is 9.53 Å². The summed E-state index contributed by atoms with van der Waals surface area (Å²) >= 11 is 0. The molecular formula is C23H30N4O2. The third kappa shape index (κ3) is 5.28. The Kier molecular flexibility index (Phi) is 7.11. The lowest BCUT2D eigenvalue weighted by Gasteiger charge is -2.24. The van der Waals surface area contributed by atoms with Crippen molar-refractivity contribution in [3.8, 4) is 5.75 Å². The highest BCUT2D eigenvalue weighted by Gasteiger charge is 2.21. The van der Waals surface area contributed by atoms with Crippen molar-refractivity contribution in [2.24, 2.45) is 4.99 Å². The van der Waals surface area contributed by atoms with Gasteiger partial charge in [0.2, 0.25) is 5.91 Å². The van der Waals surface area contributed by atoms with E-state index in [2.05, 4.69) is 33.4 Å². The zero-order valence-corrected chi connectivity index (χ0v) is 17.5. The van der Waals surface area contributed by atoms with Crippen LogP contribution in [0.4, 0.5) is 0 Å². The number of aliphatic imine (C=N–C) groups is 1. The Morgan fingerprint density at radius 3 is 2.48 bits per heavy atom. The first-order valence-electron chi connectivity index (χ1n) is 10.0. The van der Waals surface area contributed by atoms with Crippen LogP contribution in [0.15, 0.2) is 53.5 Å². The van der Waals surface area contributed by atoms with E-state index in [1.807, 2.05) is 42.3 Å². The number of carbonyl (C=O) groups excluding carboxylic acids is 1. The van der Waals surface area contributed by atoms with Gasteiger partial charge in [-0.25, -0.2) is 0 Å². The monoisotopic (exact) mass is 394 g/mol. The number of nitrogens with one attached hydrogen (secondary N) is 1. The van der Waals surface area contributed by atoms with Crippen molar-refractivity contribution in [2.45, 2.75) is 32.5 Å². The van der Waals surface area contributed by atoms with Crippen LogP contribution in [0.3, 0.4) is 0 Å². The van der Waals surface area contributed by atoms with Gasteiger partial charge in [-0.2, -0.15) is 0 Å². The number of ether oxygens (including phenoxy) is 1. The van der Waals surface area contributed by atoms with E-state index in [0.717, 1.165) is 30.2 Å². The van der Waals surface area contributed by atoms with E-state index in [4.69, 9.17) is 4.74 Å². The molecule has 1 saturated heterocycles. The van der Waals surface area contributed by atoms with Crippen LogP contribution in [-0.4, -0.2) is 49.4 Å². The number of likely N-dealkylation sites (tertiary alicyclic amines) is 1. The lowest BCUT2D eigenvalue weighted by atomic mass is 10.1. The fourth-order valence-electron chi connectivity index (χ4n) is 3.68. The van der Waals surface area contributed by atoms with Gasteiger partial charge in [0.25, 0.3) is 0 Å². The lowest BCUT2D eigenvalue weighted by molar-refractivity contribution is -0.128. The molecule has 0 atom stereocenters. The number of hydrogen-bond donors (Lipinski definition) is 1. The summed E-state index contributed by atoms with van der Waals surface area (Å²) in [6.07, 6.45) is 1.63. The Morgan fingerprint density at radius 1 is 1.14 bits per heavy atom. The predicted molar refractivity (Wildman–Crippen MR) is 116 cm³/mol. The van der Waals surface area contributed by atoms with E-state index in [9.17, 15) is 4.79 Å². The van der Waals surface area contributed by atoms with Crippen LogP contribution in [0.25, 0.3) is 0 Å².